The van der Waals surface area contributed by atoms with Gasteiger partial charge in [-0.1, -0.05) is 19.1 Å². The van der Waals surface area contributed by atoms with Crippen LogP contribution in [0, 0.1) is 20.2 Å². The van der Waals surface area contributed by atoms with Crippen molar-refractivity contribution in [3.63, 3.8) is 0 Å². The molecule has 0 aliphatic heterocycles. The average Bonchev–Trinajstić information content (AvgIpc) is 2.91. The molecule has 8 heteroatoms. The zero-order valence-electron chi connectivity index (χ0n) is 13.0. The van der Waals surface area contributed by atoms with E-state index in [2.05, 4.69) is 4.98 Å². The van der Waals surface area contributed by atoms with Crippen molar-refractivity contribution in [2.45, 2.75) is 12.8 Å². The summed E-state index contributed by atoms with van der Waals surface area (Å²) in [6.45, 7) is 1.80. The molecule has 0 spiro atoms. The van der Waals surface area contributed by atoms with Crippen LogP contribution in [0.3, 0.4) is 0 Å². The number of para-hydroxylation sites is 2. The Morgan fingerprint density at radius 2 is 1.79 bits per heavy atom. The first-order valence-corrected chi connectivity index (χ1v) is 7.24. The number of nitro groups is 2. The lowest BCUT2D eigenvalue weighted by atomic mass is 9.98. The smallest absolute Gasteiger partial charge is 0.280 e. The van der Waals surface area contributed by atoms with Gasteiger partial charge in [-0.25, -0.2) is 4.98 Å². The molecule has 0 aliphatic rings. The van der Waals surface area contributed by atoms with Crippen LogP contribution in [0.5, 0.6) is 0 Å². The highest BCUT2D eigenvalue weighted by atomic mass is 16.6. The predicted molar refractivity (Wildman–Crippen MR) is 88.0 cm³/mol. The van der Waals surface area contributed by atoms with Crippen LogP contribution in [-0.4, -0.2) is 19.4 Å². The van der Waals surface area contributed by atoms with Crippen molar-refractivity contribution in [2.24, 2.45) is 7.05 Å². The minimum Gasteiger partial charge on any atom is -0.331 e. The van der Waals surface area contributed by atoms with Crippen LogP contribution >= 0.6 is 0 Å². The summed E-state index contributed by atoms with van der Waals surface area (Å²) in [4.78, 5) is 25.5. The number of benzene rings is 2. The van der Waals surface area contributed by atoms with Crippen molar-refractivity contribution in [3.05, 3.63) is 74.1 Å². The number of rotatable bonds is 4. The van der Waals surface area contributed by atoms with Gasteiger partial charge in [0.15, 0.2) is 0 Å². The molecular weight excluding hydrogens is 312 g/mol. The molecule has 1 aromatic heterocycles. The van der Waals surface area contributed by atoms with Gasteiger partial charge >= 0.3 is 0 Å². The maximum absolute atomic E-state index is 11.3. The Morgan fingerprint density at radius 1 is 1.08 bits per heavy atom. The summed E-state index contributed by atoms with van der Waals surface area (Å²) in [6, 6.07) is 11.3. The molecule has 1 atom stereocenters. The molecular formula is C16H14N4O4. The Bertz CT molecular complexity index is 964. The molecule has 0 saturated carbocycles. The van der Waals surface area contributed by atoms with Crippen LogP contribution in [0.2, 0.25) is 0 Å². The minimum atomic E-state index is -0.642. The first-order chi connectivity index (χ1) is 11.4. The number of imidazole rings is 1. The third-order valence-corrected chi connectivity index (χ3v) is 4.10. The number of fused-ring (bicyclic) bond motifs is 1. The fourth-order valence-electron chi connectivity index (χ4n) is 2.86. The number of nitrogens with zero attached hydrogens (tertiary/aromatic N) is 4. The molecule has 3 rings (SSSR count). The second-order valence-corrected chi connectivity index (χ2v) is 5.50. The van der Waals surface area contributed by atoms with Crippen LogP contribution in [0.1, 0.15) is 24.2 Å². The van der Waals surface area contributed by atoms with Gasteiger partial charge in [0.1, 0.15) is 5.82 Å². The van der Waals surface area contributed by atoms with Gasteiger partial charge in [-0.05, 0) is 18.2 Å². The van der Waals surface area contributed by atoms with E-state index in [0.717, 1.165) is 17.1 Å². The van der Waals surface area contributed by atoms with Crippen molar-refractivity contribution in [1.82, 2.24) is 9.55 Å². The molecule has 3 aromatic rings. The maximum Gasteiger partial charge on any atom is 0.280 e. The summed E-state index contributed by atoms with van der Waals surface area (Å²) >= 11 is 0. The van der Waals surface area contributed by atoms with E-state index < -0.39 is 9.85 Å². The molecule has 24 heavy (non-hydrogen) atoms. The lowest BCUT2D eigenvalue weighted by Crippen LogP contribution is -2.07. The highest BCUT2D eigenvalue weighted by Gasteiger charge is 2.26. The summed E-state index contributed by atoms with van der Waals surface area (Å²) in [6.07, 6.45) is 0. The topological polar surface area (TPSA) is 104 Å². The first-order valence-electron chi connectivity index (χ1n) is 7.24. The number of non-ortho nitro benzene ring substituents is 1. The monoisotopic (exact) mass is 326 g/mol. The molecule has 1 unspecified atom stereocenters. The van der Waals surface area contributed by atoms with Crippen LogP contribution in [-0.2, 0) is 7.05 Å². The van der Waals surface area contributed by atoms with Gasteiger partial charge in [0.25, 0.3) is 11.4 Å². The average molecular weight is 326 g/mol. The zero-order valence-corrected chi connectivity index (χ0v) is 13.0. The van der Waals surface area contributed by atoms with E-state index in [0.29, 0.717) is 11.4 Å². The van der Waals surface area contributed by atoms with Crippen molar-refractivity contribution in [1.29, 1.82) is 0 Å². The van der Waals surface area contributed by atoms with E-state index in [1.54, 1.807) is 6.92 Å². The maximum atomic E-state index is 11.3. The summed E-state index contributed by atoms with van der Waals surface area (Å²) in [7, 11) is 1.85. The van der Waals surface area contributed by atoms with Crippen LogP contribution in [0.4, 0.5) is 11.4 Å². The Balaban J connectivity index is 2.15. The van der Waals surface area contributed by atoms with Gasteiger partial charge < -0.3 is 4.57 Å². The predicted octanol–water partition coefficient (Wildman–Crippen LogP) is 3.54. The largest absolute Gasteiger partial charge is 0.331 e. The number of hydrogen-bond donors (Lipinski definition) is 0. The molecule has 0 radical (unpaired) electrons. The molecule has 122 valence electrons. The quantitative estimate of drug-likeness (QED) is 0.538. The zero-order chi connectivity index (χ0) is 17.4. The lowest BCUT2D eigenvalue weighted by Gasteiger charge is -2.12. The number of aromatic nitrogens is 2. The fourth-order valence-corrected chi connectivity index (χ4v) is 2.86. The third-order valence-electron chi connectivity index (χ3n) is 4.10. The van der Waals surface area contributed by atoms with E-state index in [9.17, 15) is 20.2 Å². The Hall–Kier alpha value is -3.29. The third kappa shape index (κ3) is 2.47. The first kappa shape index (κ1) is 15.6. The fraction of sp³-hybridized carbons (Fsp3) is 0.188. The highest BCUT2D eigenvalue weighted by Crippen LogP contribution is 2.34. The highest BCUT2D eigenvalue weighted by molar-refractivity contribution is 5.76. The second-order valence-electron chi connectivity index (χ2n) is 5.50. The SMILES string of the molecule is CC(c1ccc([N+](=O)[O-])cc1[N+](=O)[O-])c1nc2ccccc2n1C. The molecule has 0 saturated heterocycles. The molecule has 0 fully saturated rings. The number of hydrogen-bond acceptors (Lipinski definition) is 5. The second kappa shape index (κ2) is 5.73. The Kier molecular flexibility index (Phi) is 3.72. The summed E-state index contributed by atoms with van der Waals surface area (Å²) < 4.78 is 1.88. The molecule has 0 bridgehead atoms. The molecule has 0 amide bonds. The summed E-state index contributed by atoms with van der Waals surface area (Å²) in [5, 5.41) is 22.2. The lowest BCUT2D eigenvalue weighted by molar-refractivity contribution is -0.394. The minimum absolute atomic E-state index is 0.274. The van der Waals surface area contributed by atoms with E-state index in [-0.39, 0.29) is 17.3 Å². The number of aryl methyl sites for hydroxylation is 1. The van der Waals surface area contributed by atoms with Crippen molar-refractivity contribution in [3.8, 4) is 0 Å². The molecule has 2 aromatic carbocycles. The van der Waals surface area contributed by atoms with E-state index in [1.807, 2.05) is 35.9 Å². The van der Waals surface area contributed by atoms with Gasteiger partial charge in [-0.15, -0.1) is 0 Å². The van der Waals surface area contributed by atoms with Crippen molar-refractivity contribution in [2.75, 3.05) is 0 Å². The molecule has 0 aliphatic carbocycles. The molecule has 8 nitrogen and oxygen atoms in total. The normalized spacial score (nSPS) is 12.2. The molecule has 1 heterocycles. The van der Waals surface area contributed by atoms with Crippen LogP contribution in [0.15, 0.2) is 42.5 Å². The summed E-state index contributed by atoms with van der Waals surface area (Å²) in [5.41, 5.74) is 1.53. The van der Waals surface area contributed by atoms with Crippen molar-refractivity contribution < 1.29 is 9.85 Å². The number of nitro benzene ring substituents is 2. The van der Waals surface area contributed by atoms with Crippen LogP contribution < -0.4 is 0 Å². The van der Waals surface area contributed by atoms with Crippen molar-refractivity contribution >= 4 is 22.4 Å². The van der Waals surface area contributed by atoms with Gasteiger partial charge in [0.2, 0.25) is 0 Å². The summed E-state index contributed by atoms with van der Waals surface area (Å²) in [5.74, 6) is 0.275. The van der Waals surface area contributed by atoms with Gasteiger partial charge in [0, 0.05) is 24.6 Å². The Labute approximate surface area is 136 Å². The Morgan fingerprint density at radius 3 is 2.42 bits per heavy atom. The van der Waals surface area contributed by atoms with Gasteiger partial charge in [0.05, 0.1) is 26.9 Å². The van der Waals surface area contributed by atoms with E-state index >= 15 is 0 Å². The van der Waals surface area contributed by atoms with Gasteiger partial charge in [-0.2, -0.15) is 0 Å². The molecule has 0 N–H and O–H groups in total. The van der Waals surface area contributed by atoms with Crippen LogP contribution in [0.25, 0.3) is 11.0 Å². The van der Waals surface area contributed by atoms with E-state index in [4.69, 9.17) is 0 Å². The van der Waals surface area contributed by atoms with E-state index in [1.165, 1.54) is 12.1 Å². The van der Waals surface area contributed by atoms with Gasteiger partial charge in [-0.3, -0.25) is 20.2 Å². The standard InChI is InChI=1S/C16H14N4O4/c1-10(16-17-13-5-3-4-6-14(13)18(16)2)12-8-7-11(19(21)22)9-15(12)20(23)24/h3-10H,1-2H3.